The Bertz CT molecular complexity index is 603. The highest BCUT2D eigenvalue weighted by molar-refractivity contribution is 5.39. The van der Waals surface area contributed by atoms with Gasteiger partial charge in [-0.1, -0.05) is 19.1 Å². The van der Waals surface area contributed by atoms with Crippen molar-refractivity contribution in [3.8, 4) is 5.69 Å². The molecule has 0 aliphatic carbocycles. The standard InChI is InChI=1S/C16H20N2O/c1-4-17-11-14-6-5-7-15(10-14)18-12(2)8-16(19)9-13(18)3/h5-10,17H,4,11H2,1-3H3. The minimum absolute atomic E-state index is 0.0649. The van der Waals surface area contributed by atoms with E-state index in [1.54, 1.807) is 12.1 Å². The van der Waals surface area contributed by atoms with Crippen molar-refractivity contribution in [3.05, 3.63) is 63.6 Å². The lowest BCUT2D eigenvalue weighted by Gasteiger charge is -2.15. The maximum absolute atomic E-state index is 11.5. The number of aryl methyl sites for hydroxylation is 2. The molecular weight excluding hydrogens is 236 g/mol. The van der Waals surface area contributed by atoms with Gasteiger partial charge in [0.15, 0.2) is 5.43 Å². The van der Waals surface area contributed by atoms with Crippen LogP contribution in [0.4, 0.5) is 0 Å². The Kier molecular flexibility index (Phi) is 4.17. The number of pyridine rings is 1. The van der Waals surface area contributed by atoms with E-state index in [4.69, 9.17) is 0 Å². The summed E-state index contributed by atoms with van der Waals surface area (Å²) in [4.78, 5) is 11.5. The number of rotatable bonds is 4. The van der Waals surface area contributed by atoms with E-state index >= 15 is 0 Å². The first kappa shape index (κ1) is 13.6. The Morgan fingerprint density at radius 3 is 2.42 bits per heavy atom. The molecule has 1 heterocycles. The van der Waals surface area contributed by atoms with Gasteiger partial charge in [-0.2, -0.15) is 0 Å². The van der Waals surface area contributed by atoms with E-state index in [2.05, 4.69) is 41.1 Å². The molecule has 0 bridgehead atoms. The second kappa shape index (κ2) is 5.85. The minimum atomic E-state index is 0.0649. The van der Waals surface area contributed by atoms with E-state index in [1.165, 1.54) is 5.56 Å². The molecule has 100 valence electrons. The third-order valence-electron chi connectivity index (χ3n) is 3.16. The molecule has 19 heavy (non-hydrogen) atoms. The van der Waals surface area contributed by atoms with Crippen molar-refractivity contribution in [2.24, 2.45) is 0 Å². The summed E-state index contributed by atoms with van der Waals surface area (Å²) in [5.41, 5.74) is 4.34. The monoisotopic (exact) mass is 256 g/mol. The summed E-state index contributed by atoms with van der Waals surface area (Å²) in [6.07, 6.45) is 0. The summed E-state index contributed by atoms with van der Waals surface area (Å²) in [7, 11) is 0. The fraction of sp³-hybridized carbons (Fsp3) is 0.312. The quantitative estimate of drug-likeness (QED) is 0.912. The molecule has 0 aliphatic heterocycles. The molecule has 0 saturated heterocycles. The maximum Gasteiger partial charge on any atom is 0.182 e. The highest BCUT2D eigenvalue weighted by atomic mass is 16.1. The zero-order valence-electron chi connectivity index (χ0n) is 11.7. The van der Waals surface area contributed by atoms with Crippen molar-refractivity contribution in [1.29, 1.82) is 0 Å². The third kappa shape index (κ3) is 3.12. The zero-order chi connectivity index (χ0) is 13.8. The van der Waals surface area contributed by atoms with Crippen LogP contribution in [0.3, 0.4) is 0 Å². The van der Waals surface area contributed by atoms with E-state index in [-0.39, 0.29) is 5.43 Å². The molecule has 3 nitrogen and oxygen atoms in total. The average molecular weight is 256 g/mol. The SMILES string of the molecule is CCNCc1cccc(-n2c(C)cc(=O)cc2C)c1. The van der Waals surface area contributed by atoms with Crippen LogP contribution in [-0.4, -0.2) is 11.1 Å². The number of nitrogens with zero attached hydrogens (tertiary/aromatic N) is 1. The Labute approximate surface area is 113 Å². The molecule has 2 rings (SSSR count). The van der Waals surface area contributed by atoms with Gasteiger partial charge in [-0.05, 0) is 38.1 Å². The van der Waals surface area contributed by atoms with Crippen molar-refractivity contribution in [2.45, 2.75) is 27.3 Å². The molecule has 2 aromatic rings. The van der Waals surface area contributed by atoms with Crippen LogP contribution < -0.4 is 10.7 Å². The second-order valence-corrected chi connectivity index (χ2v) is 4.76. The Morgan fingerprint density at radius 1 is 1.11 bits per heavy atom. The van der Waals surface area contributed by atoms with Crippen LogP contribution in [0.5, 0.6) is 0 Å². The number of hydrogen-bond donors (Lipinski definition) is 1. The average Bonchev–Trinajstić information content (AvgIpc) is 2.35. The summed E-state index contributed by atoms with van der Waals surface area (Å²) >= 11 is 0. The fourth-order valence-electron chi connectivity index (χ4n) is 2.34. The molecule has 1 aromatic carbocycles. The molecular formula is C16H20N2O. The maximum atomic E-state index is 11.5. The van der Waals surface area contributed by atoms with Crippen molar-refractivity contribution >= 4 is 0 Å². The number of hydrogen-bond acceptors (Lipinski definition) is 2. The van der Waals surface area contributed by atoms with Crippen LogP contribution in [0.25, 0.3) is 5.69 Å². The highest BCUT2D eigenvalue weighted by Gasteiger charge is 2.04. The lowest BCUT2D eigenvalue weighted by atomic mass is 10.1. The largest absolute Gasteiger partial charge is 0.318 e. The van der Waals surface area contributed by atoms with Gasteiger partial charge in [-0.15, -0.1) is 0 Å². The van der Waals surface area contributed by atoms with Gasteiger partial charge in [-0.25, -0.2) is 0 Å². The smallest absolute Gasteiger partial charge is 0.182 e. The summed E-state index contributed by atoms with van der Waals surface area (Å²) < 4.78 is 2.11. The van der Waals surface area contributed by atoms with Crippen LogP contribution in [0.1, 0.15) is 23.9 Å². The summed E-state index contributed by atoms with van der Waals surface area (Å²) in [5, 5.41) is 3.32. The van der Waals surface area contributed by atoms with Gasteiger partial charge in [0.25, 0.3) is 0 Å². The van der Waals surface area contributed by atoms with Crippen LogP contribution >= 0.6 is 0 Å². The highest BCUT2D eigenvalue weighted by Crippen LogP contribution is 2.15. The first-order chi connectivity index (χ1) is 9.11. The van der Waals surface area contributed by atoms with Gasteiger partial charge in [0.1, 0.15) is 0 Å². The molecule has 0 atom stereocenters. The zero-order valence-corrected chi connectivity index (χ0v) is 11.7. The number of nitrogens with one attached hydrogen (secondary N) is 1. The molecule has 0 fully saturated rings. The number of benzene rings is 1. The molecule has 1 aromatic heterocycles. The summed E-state index contributed by atoms with van der Waals surface area (Å²) in [5.74, 6) is 0. The molecule has 0 spiro atoms. The van der Waals surface area contributed by atoms with Gasteiger partial charge >= 0.3 is 0 Å². The Morgan fingerprint density at radius 2 is 1.79 bits per heavy atom. The van der Waals surface area contributed by atoms with Crippen LogP contribution in [0.15, 0.2) is 41.2 Å². The molecule has 0 unspecified atom stereocenters. The predicted molar refractivity (Wildman–Crippen MR) is 78.9 cm³/mol. The van der Waals surface area contributed by atoms with Gasteiger partial charge in [0.05, 0.1) is 0 Å². The number of aromatic nitrogens is 1. The summed E-state index contributed by atoms with van der Waals surface area (Å²) in [6, 6.07) is 11.7. The fourth-order valence-corrected chi connectivity index (χ4v) is 2.34. The van der Waals surface area contributed by atoms with Gasteiger partial charge in [-0.3, -0.25) is 4.79 Å². The van der Waals surface area contributed by atoms with Crippen molar-refractivity contribution in [1.82, 2.24) is 9.88 Å². The third-order valence-corrected chi connectivity index (χ3v) is 3.16. The molecule has 0 aliphatic rings. The van der Waals surface area contributed by atoms with Gasteiger partial charge in [0, 0.05) is 35.8 Å². The lowest BCUT2D eigenvalue weighted by Crippen LogP contribution is -2.13. The minimum Gasteiger partial charge on any atom is -0.318 e. The first-order valence-electron chi connectivity index (χ1n) is 6.62. The van der Waals surface area contributed by atoms with E-state index in [0.717, 1.165) is 30.2 Å². The van der Waals surface area contributed by atoms with Crippen LogP contribution in [-0.2, 0) is 6.54 Å². The topological polar surface area (TPSA) is 34.0 Å². The molecule has 0 radical (unpaired) electrons. The second-order valence-electron chi connectivity index (χ2n) is 4.76. The van der Waals surface area contributed by atoms with Crippen molar-refractivity contribution in [2.75, 3.05) is 6.54 Å². The lowest BCUT2D eigenvalue weighted by molar-refractivity contribution is 0.726. The Balaban J connectivity index is 2.44. The normalized spacial score (nSPS) is 10.7. The Hall–Kier alpha value is -1.87. The summed E-state index contributed by atoms with van der Waals surface area (Å²) in [6.45, 7) is 7.85. The molecule has 0 amide bonds. The first-order valence-corrected chi connectivity index (χ1v) is 6.62. The van der Waals surface area contributed by atoms with Crippen molar-refractivity contribution in [3.63, 3.8) is 0 Å². The van der Waals surface area contributed by atoms with Gasteiger partial charge in [0.2, 0.25) is 0 Å². The van der Waals surface area contributed by atoms with E-state index in [1.807, 2.05) is 13.8 Å². The van der Waals surface area contributed by atoms with Crippen molar-refractivity contribution < 1.29 is 0 Å². The van der Waals surface area contributed by atoms with E-state index in [0.29, 0.717) is 0 Å². The van der Waals surface area contributed by atoms with Gasteiger partial charge < -0.3 is 9.88 Å². The molecule has 0 saturated carbocycles. The van der Waals surface area contributed by atoms with Crippen LogP contribution in [0.2, 0.25) is 0 Å². The van der Waals surface area contributed by atoms with Crippen LogP contribution in [0, 0.1) is 13.8 Å². The predicted octanol–water partition coefficient (Wildman–Crippen LogP) is 2.56. The molecule has 1 N–H and O–H groups in total. The van der Waals surface area contributed by atoms with E-state index < -0.39 is 0 Å². The van der Waals surface area contributed by atoms with E-state index in [9.17, 15) is 4.79 Å². The molecule has 3 heteroatoms.